The molecule has 8 heteroatoms. The van der Waals surface area contributed by atoms with Crippen LogP contribution in [0.5, 0.6) is 0 Å². The van der Waals surface area contributed by atoms with Gasteiger partial charge in [0.05, 0.1) is 61.6 Å². The maximum absolute atomic E-state index is 5.44. The van der Waals surface area contributed by atoms with Gasteiger partial charge in [0.15, 0.2) is 17.5 Å². The molecule has 0 spiro atoms. The first-order valence-electron chi connectivity index (χ1n) is 35.0. The summed E-state index contributed by atoms with van der Waals surface area (Å²) in [6, 6.07) is 123. The van der Waals surface area contributed by atoms with Gasteiger partial charge < -0.3 is 22.8 Å². The predicted octanol–water partition coefficient (Wildman–Crippen LogP) is 24.2. The first kappa shape index (κ1) is 58.7. The lowest BCUT2D eigenvalue weighted by atomic mass is 9.99. The van der Waals surface area contributed by atoms with Crippen molar-refractivity contribution in [2.75, 3.05) is 0 Å². The summed E-state index contributed by atoms with van der Waals surface area (Å²) in [5.41, 5.74) is 22.7. The number of para-hydroxylation sites is 8. The summed E-state index contributed by atoms with van der Waals surface area (Å²) in [5.74, 6) is 1.78. The lowest BCUT2D eigenvalue weighted by Gasteiger charge is -2.27. The molecule has 0 N–H and O–H groups in total. The Balaban J connectivity index is 0.920. The zero-order valence-electron chi connectivity index (χ0n) is 56.1. The number of hydrogen-bond donors (Lipinski definition) is 0. The van der Waals surface area contributed by atoms with Crippen LogP contribution in [0.2, 0.25) is 0 Å². The Morgan fingerprint density at radius 3 is 1.06 bits per heavy atom. The molecule has 102 heavy (non-hydrogen) atoms. The van der Waals surface area contributed by atoms with Gasteiger partial charge >= 0.3 is 0 Å². The first-order valence-corrected chi connectivity index (χ1v) is 35.0. The summed E-state index contributed by atoms with van der Waals surface area (Å²) in [7, 11) is 0. The van der Waals surface area contributed by atoms with Gasteiger partial charge in [-0.2, -0.15) is 0 Å². The molecule has 1 atom stereocenters. The number of hydrogen-bond acceptors (Lipinski definition) is 3. The average molecular weight is 1310 g/mol. The van der Waals surface area contributed by atoms with Crippen molar-refractivity contribution in [3.63, 3.8) is 0 Å². The van der Waals surface area contributed by atoms with Crippen LogP contribution in [0.15, 0.2) is 346 Å². The summed E-state index contributed by atoms with van der Waals surface area (Å²) in [5, 5.41) is 11.8. The van der Waals surface area contributed by atoms with Crippen molar-refractivity contribution >= 4 is 126 Å². The van der Waals surface area contributed by atoms with E-state index in [1.54, 1.807) is 0 Å². The molecule has 0 aliphatic rings. The molecule has 14 aromatic carbocycles. The quantitative estimate of drug-likeness (QED) is 0.115. The summed E-state index contributed by atoms with van der Waals surface area (Å²) >= 11 is 0. The fourth-order valence-electron chi connectivity index (χ4n) is 16.4. The fourth-order valence-corrected chi connectivity index (χ4v) is 16.4. The Kier molecular flexibility index (Phi) is 13.6. The van der Waals surface area contributed by atoms with E-state index in [-0.39, 0.29) is 6.04 Å². The standard InChI is InChI=1S/C94H64N8/c1-60(92-95-93(62-27-7-3-8-28-62)97-94(96-92)63-29-9-4-10-30-63)55-90(101-84-45-25-17-37-72(84)73-38-18-26-46-85(73)101)91(61(2)98-80-41-21-15-35-70(80)71-36-16-22-42-81(71)98)102-88-54-50-65(64-48-52-86-77(56-64)74-39-19-23-43-82(74)99(86)68-31-11-5-12-32-68)57-79(88)76-51-47-67(59-89(76)102)66-49-53-87-78(58-66)75-40-20-24-44-83(75)100(87)69-33-13-6-14-34-69/h3-59,61H,1-2H3/b60-55+,91-90-/t61-/m1/s1. The van der Waals surface area contributed by atoms with Crippen molar-refractivity contribution in [3.05, 3.63) is 352 Å². The molecule has 8 nitrogen and oxygen atoms in total. The van der Waals surface area contributed by atoms with Gasteiger partial charge in [-0.3, -0.25) is 0 Å². The van der Waals surface area contributed by atoms with E-state index in [0.717, 1.165) is 122 Å². The van der Waals surface area contributed by atoms with Gasteiger partial charge in [-0.05, 0) is 151 Å². The van der Waals surface area contributed by atoms with Crippen LogP contribution in [-0.4, -0.2) is 37.8 Å². The third-order valence-corrected chi connectivity index (χ3v) is 20.9. The van der Waals surface area contributed by atoms with E-state index in [2.05, 4.69) is 346 Å². The van der Waals surface area contributed by atoms with E-state index in [0.29, 0.717) is 17.5 Å². The fraction of sp³-hybridized carbons (Fsp3) is 0.0319. The molecule has 20 aromatic rings. The molecule has 0 aliphatic carbocycles. The predicted molar refractivity (Wildman–Crippen MR) is 426 cm³/mol. The van der Waals surface area contributed by atoms with E-state index in [1.165, 1.54) is 48.9 Å². The monoisotopic (exact) mass is 1300 g/mol. The molecule has 0 radical (unpaired) electrons. The molecule has 0 saturated heterocycles. The third kappa shape index (κ3) is 9.34. The largest absolute Gasteiger partial charge is 0.332 e. The number of fused-ring (bicyclic) bond motifs is 15. The van der Waals surface area contributed by atoms with Crippen LogP contribution in [0.3, 0.4) is 0 Å². The van der Waals surface area contributed by atoms with Crippen molar-refractivity contribution in [2.24, 2.45) is 0 Å². The Hall–Kier alpha value is -13.4. The van der Waals surface area contributed by atoms with Gasteiger partial charge in [0, 0.05) is 87.4 Å². The van der Waals surface area contributed by atoms with Crippen molar-refractivity contribution in [3.8, 4) is 56.4 Å². The highest BCUT2D eigenvalue weighted by atomic mass is 15.1. The molecular formula is C94H64N8. The van der Waals surface area contributed by atoms with Crippen LogP contribution < -0.4 is 0 Å². The molecular weight excluding hydrogens is 1240 g/mol. The topological polar surface area (TPSA) is 63.3 Å². The highest BCUT2D eigenvalue weighted by Gasteiger charge is 2.30. The number of nitrogens with zero attached hydrogens (tertiary/aromatic N) is 8. The zero-order chi connectivity index (χ0) is 67.5. The van der Waals surface area contributed by atoms with Crippen LogP contribution in [0.4, 0.5) is 0 Å². The van der Waals surface area contributed by atoms with Crippen LogP contribution >= 0.6 is 0 Å². The molecule has 6 aromatic heterocycles. The lowest BCUT2D eigenvalue weighted by molar-refractivity contribution is 0.701. The van der Waals surface area contributed by atoms with Crippen LogP contribution in [0, 0.1) is 0 Å². The highest BCUT2D eigenvalue weighted by molar-refractivity contribution is 6.18. The molecule has 0 amide bonds. The van der Waals surface area contributed by atoms with Gasteiger partial charge in [-0.1, -0.05) is 237 Å². The van der Waals surface area contributed by atoms with E-state index >= 15 is 0 Å². The molecule has 0 fully saturated rings. The van der Waals surface area contributed by atoms with Crippen molar-refractivity contribution in [2.45, 2.75) is 19.9 Å². The number of benzene rings is 14. The zero-order valence-corrected chi connectivity index (χ0v) is 56.1. The molecule has 20 rings (SSSR count). The van der Waals surface area contributed by atoms with Gasteiger partial charge in [0.1, 0.15) is 0 Å². The smallest absolute Gasteiger partial charge is 0.164 e. The summed E-state index contributed by atoms with van der Waals surface area (Å²) < 4.78 is 12.5. The van der Waals surface area contributed by atoms with Crippen LogP contribution in [0.1, 0.15) is 25.7 Å². The Bertz CT molecular complexity index is 6660. The van der Waals surface area contributed by atoms with Gasteiger partial charge in [0.25, 0.3) is 0 Å². The average Bonchev–Trinajstić information content (AvgIpc) is 1.55. The van der Waals surface area contributed by atoms with Crippen molar-refractivity contribution in [1.82, 2.24) is 37.8 Å². The molecule has 0 saturated carbocycles. The van der Waals surface area contributed by atoms with E-state index in [9.17, 15) is 0 Å². The minimum atomic E-state index is -0.362. The maximum atomic E-state index is 5.44. The van der Waals surface area contributed by atoms with Crippen molar-refractivity contribution < 1.29 is 0 Å². The first-order chi connectivity index (χ1) is 50.5. The molecule has 0 aliphatic heterocycles. The molecule has 6 heterocycles. The summed E-state index contributed by atoms with van der Waals surface area (Å²) in [6.07, 6.45) is 2.37. The van der Waals surface area contributed by atoms with Crippen LogP contribution in [-0.2, 0) is 0 Å². The second-order valence-corrected chi connectivity index (χ2v) is 26.7. The second kappa shape index (κ2) is 23.7. The summed E-state index contributed by atoms with van der Waals surface area (Å²) in [6.45, 7) is 4.58. The van der Waals surface area contributed by atoms with Crippen molar-refractivity contribution in [1.29, 1.82) is 0 Å². The molecule has 480 valence electrons. The normalized spacial score (nSPS) is 12.8. The molecule has 0 bridgehead atoms. The van der Waals surface area contributed by atoms with Gasteiger partial charge in [0.2, 0.25) is 0 Å². The van der Waals surface area contributed by atoms with E-state index in [1.807, 2.05) is 36.4 Å². The Morgan fingerprint density at radius 1 is 0.275 bits per heavy atom. The van der Waals surface area contributed by atoms with Gasteiger partial charge in [-0.25, -0.2) is 15.0 Å². The van der Waals surface area contributed by atoms with Gasteiger partial charge in [-0.15, -0.1) is 0 Å². The molecule has 0 unspecified atom stereocenters. The second-order valence-electron chi connectivity index (χ2n) is 26.7. The maximum Gasteiger partial charge on any atom is 0.164 e. The van der Waals surface area contributed by atoms with Crippen LogP contribution in [0.25, 0.3) is 182 Å². The number of aromatic nitrogens is 8. The minimum Gasteiger partial charge on any atom is -0.332 e. The SMILES string of the molecule is C/C(=C\C(=C(/[C@@H](C)n1c2ccccc2c2ccccc21)n1c2ccc(-c3ccc4c(c3)c3ccccc3n4-c3ccccc3)cc2c2ccc(-c3ccc4c(c3)c3ccccc3n4-c3ccccc3)cc21)n1c2ccccc2c2ccccc21)c1nc(-c2ccccc2)nc(-c2ccccc2)n1. The summed E-state index contributed by atoms with van der Waals surface area (Å²) in [4.78, 5) is 16.1. The Labute approximate surface area is 588 Å². The van der Waals surface area contributed by atoms with E-state index in [4.69, 9.17) is 15.0 Å². The number of allylic oxidation sites excluding steroid dienone is 4. The minimum absolute atomic E-state index is 0.362. The lowest BCUT2D eigenvalue weighted by Crippen LogP contribution is -2.16. The Morgan fingerprint density at radius 2 is 0.598 bits per heavy atom. The highest BCUT2D eigenvalue weighted by Crippen LogP contribution is 2.47. The van der Waals surface area contributed by atoms with E-state index < -0.39 is 0 Å². The number of rotatable bonds is 12. The third-order valence-electron chi connectivity index (χ3n) is 20.9.